The molecule has 1 heterocycles. The molecule has 0 bridgehead atoms. The Morgan fingerprint density at radius 1 is 1.44 bits per heavy atom. The molecule has 2 nitrogen and oxygen atoms in total. The van der Waals surface area contributed by atoms with E-state index in [-0.39, 0.29) is 63.5 Å². The molecular formula is C9H16BF3KNO. The van der Waals surface area contributed by atoms with Gasteiger partial charge in [-0.05, 0) is 20.4 Å². The maximum atomic E-state index is 12.3. The average molecular weight is 261 g/mol. The first kappa shape index (κ1) is 17.2. The average Bonchev–Trinajstić information content (AvgIpc) is 2.00. The summed E-state index contributed by atoms with van der Waals surface area (Å²) in [7, 11) is 0. The smallest absolute Gasteiger partial charge is 0.445 e. The van der Waals surface area contributed by atoms with E-state index in [2.05, 4.69) is 6.58 Å². The number of nitrogens with zero attached hydrogens (tertiary/aromatic N) is 1. The molecule has 0 aliphatic carbocycles. The van der Waals surface area contributed by atoms with Crippen LogP contribution in [0.3, 0.4) is 0 Å². The second-order valence-electron chi connectivity index (χ2n) is 4.55. The molecule has 16 heavy (non-hydrogen) atoms. The third kappa shape index (κ3) is 5.66. The van der Waals surface area contributed by atoms with E-state index >= 15 is 0 Å². The number of rotatable bonds is 3. The van der Waals surface area contributed by atoms with Gasteiger partial charge < -0.3 is 17.7 Å². The minimum atomic E-state index is -4.91. The number of hydrogen-bond donors (Lipinski definition) is 0. The van der Waals surface area contributed by atoms with Crippen LogP contribution in [0, 0.1) is 0 Å². The molecule has 1 rings (SSSR count). The van der Waals surface area contributed by atoms with Crippen molar-refractivity contribution >= 4 is 6.98 Å². The van der Waals surface area contributed by atoms with Crippen LogP contribution < -0.4 is 51.4 Å². The van der Waals surface area contributed by atoms with Crippen molar-refractivity contribution in [2.75, 3.05) is 26.2 Å². The first-order valence-electron chi connectivity index (χ1n) is 4.95. The standard InChI is InChI=1S/C9H16BF3NO.K/c1-8(10(11,12)13)6-14-4-5-15-9(2,3)7-14;/h1,4-7H2,2-3H3;/q-1;+1. The van der Waals surface area contributed by atoms with Gasteiger partial charge in [0.1, 0.15) is 0 Å². The van der Waals surface area contributed by atoms with Gasteiger partial charge in [0, 0.05) is 13.1 Å². The largest absolute Gasteiger partial charge is 1.00 e. The van der Waals surface area contributed by atoms with Gasteiger partial charge in [0.25, 0.3) is 0 Å². The fourth-order valence-electron chi connectivity index (χ4n) is 1.64. The summed E-state index contributed by atoms with van der Waals surface area (Å²) in [5.41, 5.74) is -0.996. The molecule has 1 fully saturated rings. The van der Waals surface area contributed by atoms with Crippen molar-refractivity contribution in [2.45, 2.75) is 19.4 Å². The molecule has 88 valence electrons. The fraction of sp³-hybridized carbons (Fsp3) is 0.778. The van der Waals surface area contributed by atoms with E-state index < -0.39 is 12.4 Å². The zero-order chi connectivity index (χ0) is 11.7. The second-order valence-corrected chi connectivity index (χ2v) is 4.55. The topological polar surface area (TPSA) is 12.5 Å². The van der Waals surface area contributed by atoms with Crippen molar-refractivity contribution in [2.24, 2.45) is 0 Å². The van der Waals surface area contributed by atoms with Crippen molar-refractivity contribution < 1.29 is 69.1 Å². The van der Waals surface area contributed by atoms with Crippen LogP contribution in [0.4, 0.5) is 12.9 Å². The quantitative estimate of drug-likeness (QED) is 0.607. The zero-order valence-corrected chi connectivity index (χ0v) is 13.2. The Labute approximate surface area is 137 Å². The summed E-state index contributed by atoms with van der Waals surface area (Å²) >= 11 is 0. The van der Waals surface area contributed by atoms with E-state index in [1.807, 2.05) is 13.8 Å². The molecule has 1 aliphatic heterocycles. The summed E-state index contributed by atoms with van der Waals surface area (Å²) in [6.45, 7) is 3.35. The normalized spacial score (nSPS) is 21.3. The van der Waals surface area contributed by atoms with Crippen molar-refractivity contribution in [1.82, 2.24) is 4.90 Å². The maximum absolute atomic E-state index is 12.3. The van der Waals surface area contributed by atoms with Crippen LogP contribution in [0.2, 0.25) is 0 Å². The molecule has 1 saturated heterocycles. The van der Waals surface area contributed by atoms with Crippen molar-refractivity contribution in [3.8, 4) is 0 Å². The Morgan fingerprint density at radius 2 is 2.00 bits per heavy atom. The van der Waals surface area contributed by atoms with E-state index in [1.54, 1.807) is 4.90 Å². The zero-order valence-electron chi connectivity index (χ0n) is 10.1. The van der Waals surface area contributed by atoms with Crippen molar-refractivity contribution in [3.63, 3.8) is 0 Å². The van der Waals surface area contributed by atoms with Gasteiger partial charge in [0.15, 0.2) is 0 Å². The molecule has 0 N–H and O–H groups in total. The molecule has 0 unspecified atom stereocenters. The second kappa shape index (κ2) is 6.36. The Kier molecular flexibility index (Phi) is 6.81. The first-order valence-corrected chi connectivity index (χ1v) is 4.95. The Balaban J connectivity index is 0.00000225. The molecule has 0 radical (unpaired) electrons. The van der Waals surface area contributed by atoms with Crippen molar-refractivity contribution in [1.29, 1.82) is 0 Å². The summed E-state index contributed by atoms with van der Waals surface area (Å²) in [5.74, 6) is 0. The first-order chi connectivity index (χ1) is 6.71. The Hall–Kier alpha value is 1.15. The molecule has 0 amide bonds. The van der Waals surface area contributed by atoms with Gasteiger partial charge >= 0.3 is 58.4 Å². The van der Waals surface area contributed by atoms with Crippen LogP contribution in [-0.4, -0.2) is 43.7 Å². The Morgan fingerprint density at radius 3 is 2.44 bits per heavy atom. The molecule has 0 saturated carbocycles. The molecule has 0 spiro atoms. The number of ether oxygens (including phenoxy) is 1. The molecule has 0 aromatic heterocycles. The summed E-state index contributed by atoms with van der Waals surface area (Å²) < 4.78 is 42.3. The predicted octanol–water partition coefficient (Wildman–Crippen LogP) is -0.956. The third-order valence-electron chi connectivity index (χ3n) is 2.39. The van der Waals surface area contributed by atoms with Gasteiger partial charge in [-0.25, -0.2) is 0 Å². The van der Waals surface area contributed by atoms with E-state index in [9.17, 15) is 12.9 Å². The molecule has 0 atom stereocenters. The van der Waals surface area contributed by atoms with E-state index in [1.165, 1.54) is 0 Å². The molecule has 0 aromatic carbocycles. The summed E-state index contributed by atoms with van der Waals surface area (Å²) in [6, 6.07) is 0. The minimum Gasteiger partial charge on any atom is -0.445 e. The van der Waals surface area contributed by atoms with Crippen LogP contribution in [-0.2, 0) is 4.74 Å². The maximum Gasteiger partial charge on any atom is 1.00 e. The number of halogens is 3. The van der Waals surface area contributed by atoms with Gasteiger partial charge in [-0.2, -0.15) is 0 Å². The summed E-state index contributed by atoms with van der Waals surface area (Å²) in [6.07, 6.45) is 0. The molecule has 7 heteroatoms. The van der Waals surface area contributed by atoms with Crippen molar-refractivity contribution in [3.05, 3.63) is 12.1 Å². The van der Waals surface area contributed by atoms with Crippen LogP contribution in [0.5, 0.6) is 0 Å². The molecule has 0 aromatic rings. The van der Waals surface area contributed by atoms with Gasteiger partial charge in [-0.1, -0.05) is 0 Å². The molecule has 1 aliphatic rings. The van der Waals surface area contributed by atoms with Crippen LogP contribution >= 0.6 is 0 Å². The van der Waals surface area contributed by atoms with Gasteiger partial charge in [-0.15, -0.1) is 12.1 Å². The number of morpholine rings is 1. The Bertz CT molecular complexity index is 258. The molecular weight excluding hydrogens is 245 g/mol. The van der Waals surface area contributed by atoms with E-state index in [0.717, 1.165) is 0 Å². The SMILES string of the molecule is C=C(CN1CCOC(C)(C)C1)[B-](F)(F)F.[K+]. The van der Waals surface area contributed by atoms with Gasteiger partial charge in [0.05, 0.1) is 12.2 Å². The third-order valence-corrected chi connectivity index (χ3v) is 2.39. The van der Waals surface area contributed by atoms with E-state index in [0.29, 0.717) is 19.7 Å². The summed E-state index contributed by atoms with van der Waals surface area (Å²) in [5, 5.41) is 0. The predicted molar refractivity (Wildman–Crippen MR) is 54.7 cm³/mol. The minimum absolute atomic E-state index is 0. The summed E-state index contributed by atoms with van der Waals surface area (Å²) in [4.78, 5) is 1.74. The van der Waals surface area contributed by atoms with Gasteiger partial charge in [-0.3, -0.25) is 4.90 Å². The van der Waals surface area contributed by atoms with Crippen LogP contribution in [0.25, 0.3) is 0 Å². The fourth-order valence-corrected chi connectivity index (χ4v) is 1.64. The van der Waals surface area contributed by atoms with E-state index in [4.69, 9.17) is 4.74 Å². The monoisotopic (exact) mass is 261 g/mol. The number of hydrogen-bond acceptors (Lipinski definition) is 2. The van der Waals surface area contributed by atoms with Crippen LogP contribution in [0.15, 0.2) is 12.1 Å². The van der Waals surface area contributed by atoms with Gasteiger partial charge in [0.2, 0.25) is 0 Å². The van der Waals surface area contributed by atoms with Crippen LogP contribution in [0.1, 0.15) is 13.8 Å².